The lowest BCUT2D eigenvalue weighted by atomic mass is 10.1. The van der Waals surface area contributed by atoms with E-state index in [1.165, 1.54) is 18.9 Å². The number of likely N-dealkylation sites (tertiary alicyclic amines) is 1. The minimum Gasteiger partial charge on any atom is -0.493 e. The fraction of sp³-hybridized carbons (Fsp3) is 0.452. The van der Waals surface area contributed by atoms with E-state index < -0.39 is 6.10 Å². The molecule has 2 N–H and O–H groups in total. The van der Waals surface area contributed by atoms with Crippen molar-refractivity contribution in [1.29, 1.82) is 5.26 Å². The molecule has 43 heavy (non-hydrogen) atoms. The number of nitrogens with one attached hydrogen (secondary N) is 1. The minimum atomic E-state index is -1.01. The average Bonchev–Trinajstić information content (AvgIpc) is 3.48. The van der Waals surface area contributed by atoms with Gasteiger partial charge in [-0.1, -0.05) is 0 Å². The van der Waals surface area contributed by atoms with E-state index in [1.54, 1.807) is 23.1 Å². The first-order valence-corrected chi connectivity index (χ1v) is 14.7. The predicted octanol–water partition coefficient (Wildman–Crippen LogP) is 2.28. The molecule has 12 nitrogen and oxygen atoms in total. The highest BCUT2D eigenvalue weighted by molar-refractivity contribution is 5.80. The van der Waals surface area contributed by atoms with Gasteiger partial charge in [-0.05, 0) is 55.8 Å². The highest BCUT2D eigenvalue weighted by atomic mass is 16.5. The van der Waals surface area contributed by atoms with E-state index in [0.717, 1.165) is 51.5 Å². The Labute approximate surface area is 250 Å². The molecule has 3 aliphatic heterocycles. The normalized spacial score (nSPS) is 19.9. The fourth-order valence-electron chi connectivity index (χ4n) is 5.68. The molecule has 0 bridgehead atoms. The monoisotopic (exact) mass is 584 g/mol. The highest BCUT2D eigenvalue weighted by Crippen LogP contribution is 2.27. The number of benzene rings is 2. The molecular weight excluding hydrogens is 548 g/mol. The van der Waals surface area contributed by atoms with Crippen molar-refractivity contribution in [2.45, 2.75) is 25.5 Å². The Balaban J connectivity index is 1.08. The summed E-state index contributed by atoms with van der Waals surface area (Å²) in [5.41, 5.74) is 3.12. The van der Waals surface area contributed by atoms with Crippen LogP contribution in [0.3, 0.4) is 0 Å². The van der Waals surface area contributed by atoms with E-state index in [9.17, 15) is 15.2 Å². The van der Waals surface area contributed by atoms with E-state index in [0.29, 0.717) is 54.4 Å². The van der Waals surface area contributed by atoms with Crippen molar-refractivity contribution >= 4 is 23.2 Å². The van der Waals surface area contributed by atoms with Crippen LogP contribution in [-0.4, -0.2) is 107 Å². The molecule has 1 unspecified atom stereocenters. The van der Waals surface area contributed by atoms with Gasteiger partial charge in [0.25, 0.3) is 5.91 Å². The van der Waals surface area contributed by atoms with Crippen LogP contribution in [0.15, 0.2) is 48.8 Å². The van der Waals surface area contributed by atoms with E-state index in [4.69, 9.17) is 9.47 Å². The van der Waals surface area contributed by atoms with Crippen molar-refractivity contribution < 1.29 is 19.4 Å². The van der Waals surface area contributed by atoms with Gasteiger partial charge in [-0.3, -0.25) is 9.69 Å². The van der Waals surface area contributed by atoms with Gasteiger partial charge in [0.2, 0.25) is 5.95 Å². The maximum Gasteiger partial charge on any atom is 0.251 e. The van der Waals surface area contributed by atoms with E-state index >= 15 is 0 Å². The van der Waals surface area contributed by atoms with Crippen LogP contribution in [0.4, 0.5) is 17.3 Å². The van der Waals surface area contributed by atoms with Gasteiger partial charge in [-0.25, -0.2) is 9.97 Å². The SMILES string of the molecule is C[C@H](O)C(=O)N1CCC(COc2cc(C#N)cc(-c3ncnc(Nc4ccc(N5CCN(C6COC6)CC5)cc4)n3)c2)C1. The predicted molar refractivity (Wildman–Crippen MR) is 160 cm³/mol. The number of anilines is 3. The number of aliphatic hydroxyl groups excluding tert-OH is 1. The second-order valence-corrected chi connectivity index (χ2v) is 11.3. The number of aromatic nitrogens is 3. The van der Waals surface area contributed by atoms with Crippen LogP contribution < -0.4 is 15.0 Å². The van der Waals surface area contributed by atoms with Gasteiger partial charge in [-0.15, -0.1) is 0 Å². The van der Waals surface area contributed by atoms with Crippen molar-refractivity contribution in [1.82, 2.24) is 24.8 Å². The number of hydrogen-bond acceptors (Lipinski definition) is 11. The Bertz CT molecular complexity index is 1470. The van der Waals surface area contributed by atoms with Crippen molar-refractivity contribution in [3.8, 4) is 23.2 Å². The third kappa shape index (κ3) is 6.85. The van der Waals surface area contributed by atoms with Crippen molar-refractivity contribution in [2.24, 2.45) is 5.92 Å². The molecule has 3 aromatic rings. The molecule has 1 amide bonds. The molecule has 12 heteroatoms. The molecule has 0 radical (unpaired) electrons. The summed E-state index contributed by atoms with van der Waals surface area (Å²) in [7, 11) is 0. The molecule has 0 spiro atoms. The lowest BCUT2D eigenvalue weighted by Gasteiger charge is -2.43. The second kappa shape index (κ2) is 12.9. The molecule has 3 aliphatic rings. The summed E-state index contributed by atoms with van der Waals surface area (Å²) in [6, 6.07) is 16.2. The van der Waals surface area contributed by atoms with Gasteiger partial charge < -0.3 is 29.7 Å². The number of nitriles is 1. The number of ether oxygens (including phenoxy) is 2. The third-order valence-electron chi connectivity index (χ3n) is 8.25. The third-order valence-corrected chi connectivity index (χ3v) is 8.25. The summed E-state index contributed by atoms with van der Waals surface area (Å²) in [6.45, 7) is 8.80. The van der Waals surface area contributed by atoms with Crippen LogP contribution in [0.5, 0.6) is 5.75 Å². The molecule has 6 rings (SSSR count). The van der Waals surface area contributed by atoms with Crippen LogP contribution >= 0.6 is 0 Å². The number of amides is 1. The summed E-state index contributed by atoms with van der Waals surface area (Å²) in [5, 5.41) is 22.5. The molecule has 2 atom stereocenters. The lowest BCUT2D eigenvalue weighted by molar-refractivity contribution is -0.138. The molecule has 2 aromatic carbocycles. The first-order valence-electron chi connectivity index (χ1n) is 14.7. The standard InChI is InChI=1S/C31H36N8O4/c1-21(40)30(41)39-7-6-22(16-39)17-43-28-13-23(15-32)12-24(14-28)29-33-20-34-31(36-29)35-25-2-4-26(5-3-25)37-8-10-38(11-9-37)27-18-42-19-27/h2-5,12-14,20-22,27,40H,6-11,16-19H2,1H3,(H,33,34,35,36)/t21-,22?/m0/s1. The Hall–Kier alpha value is -4.31. The fourth-order valence-corrected chi connectivity index (χ4v) is 5.68. The first-order chi connectivity index (χ1) is 20.9. The summed E-state index contributed by atoms with van der Waals surface area (Å²) in [6.07, 6.45) is 1.23. The molecule has 0 saturated carbocycles. The van der Waals surface area contributed by atoms with Gasteiger partial charge in [-0.2, -0.15) is 10.2 Å². The van der Waals surface area contributed by atoms with Crippen molar-refractivity contribution in [2.75, 3.05) is 69.3 Å². The maximum atomic E-state index is 12.1. The first kappa shape index (κ1) is 28.8. The van der Waals surface area contributed by atoms with Gasteiger partial charge >= 0.3 is 0 Å². The second-order valence-electron chi connectivity index (χ2n) is 11.3. The van der Waals surface area contributed by atoms with Gasteiger partial charge in [0.05, 0.1) is 37.5 Å². The van der Waals surface area contributed by atoms with Crippen LogP contribution in [0, 0.1) is 17.2 Å². The molecule has 3 saturated heterocycles. The zero-order chi connectivity index (χ0) is 29.8. The molecule has 224 valence electrons. The topological polar surface area (TPSA) is 140 Å². The molecular formula is C31H36N8O4. The molecule has 1 aromatic heterocycles. The summed E-state index contributed by atoms with van der Waals surface area (Å²) in [4.78, 5) is 31.9. The summed E-state index contributed by atoms with van der Waals surface area (Å²) >= 11 is 0. The molecule has 3 fully saturated rings. The number of rotatable bonds is 9. The van der Waals surface area contributed by atoms with Crippen LogP contribution in [-0.2, 0) is 9.53 Å². The van der Waals surface area contributed by atoms with Crippen molar-refractivity contribution in [3.63, 3.8) is 0 Å². The Morgan fingerprint density at radius 1 is 1.14 bits per heavy atom. The van der Waals surface area contributed by atoms with Crippen LogP contribution in [0.2, 0.25) is 0 Å². The minimum absolute atomic E-state index is 0.142. The number of carbonyl (C=O) groups excluding carboxylic acids is 1. The summed E-state index contributed by atoms with van der Waals surface area (Å²) in [5.74, 6) is 1.22. The van der Waals surface area contributed by atoms with E-state index in [2.05, 4.69) is 48.3 Å². The maximum absolute atomic E-state index is 12.1. The van der Waals surface area contributed by atoms with Crippen molar-refractivity contribution in [3.05, 3.63) is 54.4 Å². The number of hydrogen-bond donors (Lipinski definition) is 2. The van der Waals surface area contributed by atoms with Gasteiger partial charge in [0.15, 0.2) is 5.82 Å². The molecule has 4 heterocycles. The number of carbonyl (C=O) groups is 1. The smallest absolute Gasteiger partial charge is 0.251 e. The number of nitrogens with zero attached hydrogens (tertiary/aromatic N) is 7. The van der Waals surface area contributed by atoms with Gasteiger partial charge in [0.1, 0.15) is 18.2 Å². The highest BCUT2D eigenvalue weighted by Gasteiger charge is 2.30. The van der Waals surface area contributed by atoms with E-state index in [1.807, 2.05) is 12.1 Å². The Morgan fingerprint density at radius 3 is 2.63 bits per heavy atom. The van der Waals surface area contributed by atoms with Crippen LogP contribution in [0.25, 0.3) is 11.4 Å². The Morgan fingerprint density at radius 2 is 1.93 bits per heavy atom. The molecule has 0 aliphatic carbocycles. The zero-order valence-corrected chi connectivity index (χ0v) is 24.2. The quantitative estimate of drug-likeness (QED) is 0.383. The van der Waals surface area contributed by atoms with Gasteiger partial charge in [0, 0.05) is 62.1 Å². The zero-order valence-electron chi connectivity index (χ0n) is 24.2. The number of piperazine rings is 1. The number of aliphatic hydroxyl groups is 1. The largest absolute Gasteiger partial charge is 0.493 e. The van der Waals surface area contributed by atoms with Crippen LogP contribution in [0.1, 0.15) is 18.9 Å². The lowest BCUT2D eigenvalue weighted by Crippen LogP contribution is -2.56. The summed E-state index contributed by atoms with van der Waals surface area (Å²) < 4.78 is 11.4. The Kier molecular flexibility index (Phi) is 8.64. The van der Waals surface area contributed by atoms with E-state index in [-0.39, 0.29) is 11.8 Å². The average molecular weight is 585 g/mol.